The third kappa shape index (κ3) is 3.86. The Morgan fingerprint density at radius 3 is 2.57 bits per heavy atom. The van der Waals surface area contributed by atoms with Crippen LogP contribution >= 0.6 is 0 Å². The zero-order valence-corrected chi connectivity index (χ0v) is 12.7. The van der Waals surface area contributed by atoms with E-state index in [0.29, 0.717) is 5.75 Å². The first-order valence-electron chi connectivity index (χ1n) is 7.07. The molecule has 0 bridgehead atoms. The first kappa shape index (κ1) is 15.6. The molecule has 21 heavy (non-hydrogen) atoms. The van der Waals surface area contributed by atoms with Crippen molar-refractivity contribution in [3.8, 4) is 16.9 Å². The summed E-state index contributed by atoms with van der Waals surface area (Å²) in [6.45, 7) is 6.16. The largest absolute Gasteiger partial charge is 0.490 e. The first-order valence-corrected chi connectivity index (χ1v) is 7.07. The molecular weight excluding hydrogens is 266 g/mol. The van der Waals surface area contributed by atoms with Crippen molar-refractivity contribution in [2.75, 3.05) is 6.61 Å². The lowest BCUT2D eigenvalue weighted by Gasteiger charge is -2.31. The zero-order chi connectivity index (χ0) is 15.5. The smallest absolute Gasteiger partial charge is 0.127 e. The van der Waals surface area contributed by atoms with Crippen LogP contribution in [0.5, 0.6) is 5.75 Å². The van der Waals surface area contributed by atoms with Gasteiger partial charge >= 0.3 is 0 Å². The van der Waals surface area contributed by atoms with Crippen molar-refractivity contribution < 1.29 is 14.3 Å². The number of rotatable bonds is 5. The normalized spacial score (nSPS) is 14.7. The Balaban J connectivity index is 2.08. The van der Waals surface area contributed by atoms with Gasteiger partial charge in [-0.2, -0.15) is 0 Å². The summed E-state index contributed by atoms with van der Waals surface area (Å²) in [6.07, 6.45) is 2.57. The summed E-state index contributed by atoms with van der Waals surface area (Å²) in [5.41, 5.74) is 7.75. The predicted octanol–water partition coefficient (Wildman–Crippen LogP) is 3.06. The third-order valence-corrected chi connectivity index (χ3v) is 3.54. The molecule has 2 rings (SSSR count). The van der Waals surface area contributed by atoms with E-state index in [1.165, 1.54) is 0 Å². The Bertz CT molecular complexity index is 558. The maximum atomic E-state index is 10.2. The van der Waals surface area contributed by atoms with Gasteiger partial charge in [-0.3, -0.25) is 0 Å². The highest BCUT2D eigenvalue weighted by atomic mass is 16.5. The van der Waals surface area contributed by atoms with E-state index < -0.39 is 6.10 Å². The van der Waals surface area contributed by atoms with Crippen molar-refractivity contribution in [1.82, 2.24) is 0 Å². The van der Waals surface area contributed by atoms with Gasteiger partial charge in [0.2, 0.25) is 0 Å². The molecule has 0 aliphatic heterocycles. The number of hydrogen-bond acceptors (Lipinski definition) is 4. The van der Waals surface area contributed by atoms with Crippen molar-refractivity contribution in [3.05, 3.63) is 42.9 Å². The highest BCUT2D eigenvalue weighted by Crippen LogP contribution is 2.30. The van der Waals surface area contributed by atoms with Crippen LogP contribution in [0.3, 0.4) is 0 Å². The van der Waals surface area contributed by atoms with Crippen LogP contribution in [0, 0.1) is 5.41 Å². The summed E-state index contributed by atoms with van der Waals surface area (Å²) in [7, 11) is 0. The van der Waals surface area contributed by atoms with Crippen LogP contribution < -0.4 is 10.5 Å². The van der Waals surface area contributed by atoms with Gasteiger partial charge in [0, 0.05) is 17.2 Å². The van der Waals surface area contributed by atoms with Gasteiger partial charge in [-0.25, -0.2) is 0 Å². The molecule has 0 aliphatic rings. The number of hydrogen-bond donors (Lipinski definition) is 2. The molecule has 1 aromatic carbocycles. The molecule has 114 valence electrons. The van der Waals surface area contributed by atoms with E-state index in [4.69, 9.17) is 14.9 Å². The van der Waals surface area contributed by atoms with Gasteiger partial charge in [0.05, 0.1) is 12.5 Å². The highest BCUT2D eigenvalue weighted by molar-refractivity contribution is 5.69. The lowest BCUT2D eigenvalue weighted by molar-refractivity contribution is 0.0497. The van der Waals surface area contributed by atoms with Gasteiger partial charge in [0.15, 0.2) is 0 Å². The molecule has 0 saturated heterocycles. The predicted molar refractivity (Wildman–Crippen MR) is 83.1 cm³/mol. The number of furan rings is 1. The summed E-state index contributed by atoms with van der Waals surface area (Å²) >= 11 is 0. The van der Waals surface area contributed by atoms with Crippen molar-refractivity contribution in [2.24, 2.45) is 11.1 Å². The second kappa shape index (κ2) is 6.33. The molecule has 3 N–H and O–H groups in total. The van der Waals surface area contributed by atoms with Crippen LogP contribution in [0.4, 0.5) is 0 Å². The van der Waals surface area contributed by atoms with Gasteiger partial charge < -0.3 is 20.0 Å². The molecular formula is C17H23NO3. The minimum atomic E-state index is -0.720. The van der Waals surface area contributed by atoms with Crippen LogP contribution in [0.15, 0.2) is 47.3 Å². The van der Waals surface area contributed by atoms with E-state index in [1.807, 2.05) is 51.1 Å². The molecule has 0 aliphatic carbocycles. The van der Waals surface area contributed by atoms with E-state index in [2.05, 4.69) is 0 Å². The Labute approximate surface area is 125 Å². The average Bonchev–Trinajstić information content (AvgIpc) is 2.97. The fourth-order valence-electron chi connectivity index (χ4n) is 2.10. The van der Waals surface area contributed by atoms with Crippen LogP contribution in [0.1, 0.15) is 20.8 Å². The highest BCUT2D eigenvalue weighted by Gasteiger charge is 2.28. The van der Waals surface area contributed by atoms with E-state index >= 15 is 0 Å². The molecule has 0 spiro atoms. The molecule has 2 atom stereocenters. The number of aliphatic hydroxyl groups excluding tert-OH is 1. The van der Waals surface area contributed by atoms with Crippen molar-refractivity contribution in [2.45, 2.75) is 32.9 Å². The quantitative estimate of drug-likeness (QED) is 0.887. The molecule has 4 nitrogen and oxygen atoms in total. The van der Waals surface area contributed by atoms with Crippen LogP contribution in [0.2, 0.25) is 0 Å². The number of benzene rings is 1. The number of para-hydroxylation sites is 1. The van der Waals surface area contributed by atoms with Gasteiger partial charge in [-0.15, -0.1) is 0 Å². The van der Waals surface area contributed by atoms with Gasteiger partial charge in [-0.05, 0) is 17.5 Å². The van der Waals surface area contributed by atoms with E-state index in [9.17, 15) is 5.11 Å². The fourth-order valence-corrected chi connectivity index (χ4v) is 2.10. The molecule has 4 heteroatoms. The van der Waals surface area contributed by atoms with Crippen molar-refractivity contribution in [3.63, 3.8) is 0 Å². The third-order valence-electron chi connectivity index (χ3n) is 3.54. The Kier molecular flexibility index (Phi) is 4.70. The number of aliphatic hydroxyl groups is 1. The lowest BCUT2D eigenvalue weighted by atomic mass is 9.84. The Hall–Kier alpha value is -1.78. The minimum Gasteiger partial charge on any atom is -0.490 e. The minimum absolute atomic E-state index is 0.160. The van der Waals surface area contributed by atoms with Crippen LogP contribution in [0.25, 0.3) is 11.1 Å². The van der Waals surface area contributed by atoms with Gasteiger partial charge in [0.25, 0.3) is 0 Å². The average molecular weight is 289 g/mol. The summed E-state index contributed by atoms with van der Waals surface area (Å²) in [5.74, 6) is 0.707. The molecule has 1 heterocycles. The summed E-state index contributed by atoms with van der Waals surface area (Å²) in [5, 5.41) is 10.2. The lowest BCUT2D eigenvalue weighted by Crippen LogP contribution is -2.47. The topological polar surface area (TPSA) is 68.6 Å². The van der Waals surface area contributed by atoms with E-state index in [-0.39, 0.29) is 18.1 Å². The maximum absolute atomic E-state index is 10.2. The van der Waals surface area contributed by atoms with Gasteiger partial charge in [0.1, 0.15) is 18.5 Å². The molecule has 0 amide bonds. The molecule has 0 saturated carbocycles. The van der Waals surface area contributed by atoms with E-state index in [1.54, 1.807) is 12.5 Å². The standard InChI is InChI=1S/C17H23NO3/c1-17(2,3)16(18)14(19)11-21-15-7-5-4-6-13(15)12-8-9-20-10-12/h4-10,14,16,19H,11,18H2,1-3H3. The Morgan fingerprint density at radius 2 is 1.95 bits per heavy atom. The van der Waals surface area contributed by atoms with Crippen LogP contribution in [-0.2, 0) is 0 Å². The monoisotopic (exact) mass is 289 g/mol. The van der Waals surface area contributed by atoms with Crippen molar-refractivity contribution in [1.29, 1.82) is 0 Å². The maximum Gasteiger partial charge on any atom is 0.127 e. The molecule has 2 aromatic rings. The van der Waals surface area contributed by atoms with Crippen molar-refractivity contribution >= 4 is 0 Å². The summed E-state index contributed by atoms with van der Waals surface area (Å²) in [6, 6.07) is 9.19. The number of nitrogens with two attached hydrogens (primary N) is 1. The first-order chi connectivity index (χ1) is 9.89. The van der Waals surface area contributed by atoms with E-state index in [0.717, 1.165) is 11.1 Å². The molecule has 1 aromatic heterocycles. The summed E-state index contributed by atoms with van der Waals surface area (Å²) < 4.78 is 10.9. The second-order valence-electron chi connectivity index (χ2n) is 6.28. The fraction of sp³-hybridized carbons (Fsp3) is 0.412. The van der Waals surface area contributed by atoms with Crippen LogP contribution in [-0.4, -0.2) is 23.9 Å². The zero-order valence-electron chi connectivity index (χ0n) is 12.7. The molecule has 2 unspecified atom stereocenters. The molecule has 0 fully saturated rings. The van der Waals surface area contributed by atoms with Gasteiger partial charge in [-0.1, -0.05) is 39.0 Å². The summed E-state index contributed by atoms with van der Waals surface area (Å²) in [4.78, 5) is 0. The second-order valence-corrected chi connectivity index (χ2v) is 6.28. The molecule has 0 radical (unpaired) electrons. The Morgan fingerprint density at radius 1 is 1.24 bits per heavy atom. The SMILES string of the molecule is CC(C)(C)C(N)C(O)COc1ccccc1-c1ccoc1. The number of ether oxygens (including phenoxy) is 1.